The highest BCUT2D eigenvalue weighted by Crippen LogP contribution is 2.01. The maximum Gasteiger partial charge on any atom is 0.248 e. The SMILES string of the molecule is CC(C)OCC(=O)N(C)C(C)CBr. The van der Waals surface area contributed by atoms with E-state index in [0.29, 0.717) is 0 Å². The summed E-state index contributed by atoms with van der Waals surface area (Å²) in [7, 11) is 1.79. The van der Waals surface area contributed by atoms with Gasteiger partial charge in [0, 0.05) is 18.4 Å². The highest BCUT2D eigenvalue weighted by atomic mass is 79.9. The summed E-state index contributed by atoms with van der Waals surface area (Å²) < 4.78 is 5.21. The molecule has 1 atom stereocenters. The molecule has 1 amide bonds. The van der Waals surface area contributed by atoms with E-state index in [2.05, 4.69) is 15.9 Å². The van der Waals surface area contributed by atoms with Gasteiger partial charge in [0.05, 0.1) is 6.10 Å². The summed E-state index contributed by atoms with van der Waals surface area (Å²) in [5.74, 6) is 0.0284. The van der Waals surface area contributed by atoms with Crippen molar-refractivity contribution in [1.29, 1.82) is 0 Å². The van der Waals surface area contributed by atoms with Gasteiger partial charge in [-0.3, -0.25) is 4.79 Å². The third-order valence-corrected chi connectivity index (χ3v) is 2.76. The number of carbonyl (C=O) groups excluding carboxylic acids is 1. The first-order chi connectivity index (χ1) is 5.99. The summed E-state index contributed by atoms with van der Waals surface area (Å²) in [6.45, 7) is 6.00. The highest BCUT2D eigenvalue weighted by molar-refractivity contribution is 9.09. The zero-order chi connectivity index (χ0) is 10.4. The lowest BCUT2D eigenvalue weighted by atomic mass is 10.3. The van der Waals surface area contributed by atoms with E-state index in [1.54, 1.807) is 11.9 Å². The summed E-state index contributed by atoms with van der Waals surface area (Å²) in [6.07, 6.45) is 0.108. The van der Waals surface area contributed by atoms with Gasteiger partial charge in [0.15, 0.2) is 0 Å². The minimum Gasteiger partial charge on any atom is -0.369 e. The molecule has 4 heteroatoms. The van der Waals surface area contributed by atoms with Crippen LogP contribution in [-0.2, 0) is 9.53 Å². The lowest BCUT2D eigenvalue weighted by Crippen LogP contribution is -2.38. The summed E-state index contributed by atoms with van der Waals surface area (Å²) in [4.78, 5) is 13.1. The second-order valence-electron chi connectivity index (χ2n) is 3.37. The number of amides is 1. The van der Waals surface area contributed by atoms with E-state index in [1.807, 2.05) is 20.8 Å². The molecule has 0 aromatic heterocycles. The lowest BCUT2D eigenvalue weighted by Gasteiger charge is -2.23. The standard InChI is InChI=1S/C9H18BrNO2/c1-7(2)13-6-9(12)11(4)8(3)5-10/h7-8H,5-6H2,1-4H3. The topological polar surface area (TPSA) is 29.5 Å². The van der Waals surface area contributed by atoms with Gasteiger partial charge in [0.25, 0.3) is 0 Å². The number of hydrogen-bond acceptors (Lipinski definition) is 2. The van der Waals surface area contributed by atoms with Crippen molar-refractivity contribution < 1.29 is 9.53 Å². The molecule has 0 aromatic rings. The molecule has 0 bridgehead atoms. The number of halogens is 1. The van der Waals surface area contributed by atoms with Gasteiger partial charge in [0.1, 0.15) is 6.61 Å². The smallest absolute Gasteiger partial charge is 0.248 e. The van der Waals surface area contributed by atoms with E-state index in [1.165, 1.54) is 0 Å². The maximum atomic E-state index is 11.4. The molecule has 0 heterocycles. The van der Waals surface area contributed by atoms with Crippen LogP contribution in [-0.4, -0.2) is 41.9 Å². The molecule has 1 unspecified atom stereocenters. The first-order valence-corrected chi connectivity index (χ1v) is 5.54. The number of alkyl halides is 1. The maximum absolute atomic E-state index is 11.4. The first-order valence-electron chi connectivity index (χ1n) is 4.42. The minimum absolute atomic E-state index is 0.0284. The van der Waals surface area contributed by atoms with Crippen molar-refractivity contribution in [3.05, 3.63) is 0 Å². The van der Waals surface area contributed by atoms with E-state index in [4.69, 9.17) is 4.74 Å². The number of rotatable bonds is 5. The minimum atomic E-state index is 0.0284. The van der Waals surface area contributed by atoms with Gasteiger partial charge >= 0.3 is 0 Å². The van der Waals surface area contributed by atoms with E-state index in [9.17, 15) is 4.79 Å². The molecule has 0 saturated heterocycles. The van der Waals surface area contributed by atoms with Crippen molar-refractivity contribution >= 4 is 21.8 Å². The Balaban J connectivity index is 3.82. The number of carbonyl (C=O) groups is 1. The van der Waals surface area contributed by atoms with Crippen LogP contribution in [0.2, 0.25) is 0 Å². The zero-order valence-electron chi connectivity index (χ0n) is 8.71. The van der Waals surface area contributed by atoms with Crippen LogP contribution in [0, 0.1) is 0 Å². The third-order valence-electron chi connectivity index (χ3n) is 1.82. The number of hydrogen-bond donors (Lipinski definition) is 0. The molecule has 0 N–H and O–H groups in total. The van der Waals surface area contributed by atoms with Gasteiger partial charge < -0.3 is 9.64 Å². The Hall–Kier alpha value is -0.0900. The van der Waals surface area contributed by atoms with Gasteiger partial charge in [-0.05, 0) is 20.8 Å². The molecule has 0 rings (SSSR count). The zero-order valence-corrected chi connectivity index (χ0v) is 10.3. The normalized spacial score (nSPS) is 13.1. The molecule has 78 valence electrons. The lowest BCUT2D eigenvalue weighted by molar-refractivity contribution is -0.137. The Bertz CT molecular complexity index is 162. The summed E-state index contributed by atoms with van der Waals surface area (Å²) in [5.41, 5.74) is 0. The average molecular weight is 252 g/mol. The van der Waals surface area contributed by atoms with Crippen LogP contribution in [0.25, 0.3) is 0 Å². The Morgan fingerprint density at radius 3 is 2.38 bits per heavy atom. The Labute approximate surface area is 88.6 Å². The Kier molecular flexibility index (Phi) is 6.33. The molecule has 0 radical (unpaired) electrons. The van der Waals surface area contributed by atoms with Crippen molar-refractivity contribution in [3.8, 4) is 0 Å². The van der Waals surface area contributed by atoms with E-state index >= 15 is 0 Å². The molecule has 0 saturated carbocycles. The summed E-state index contributed by atoms with van der Waals surface area (Å²) >= 11 is 3.33. The second-order valence-corrected chi connectivity index (χ2v) is 4.02. The van der Waals surface area contributed by atoms with Crippen molar-refractivity contribution in [2.24, 2.45) is 0 Å². The van der Waals surface area contributed by atoms with Gasteiger partial charge in [-0.1, -0.05) is 15.9 Å². The molecule has 0 aromatic carbocycles. The Morgan fingerprint density at radius 2 is 2.00 bits per heavy atom. The quantitative estimate of drug-likeness (QED) is 0.696. The number of ether oxygens (including phenoxy) is 1. The van der Waals surface area contributed by atoms with Crippen LogP contribution in [0.3, 0.4) is 0 Å². The van der Waals surface area contributed by atoms with Crippen molar-refractivity contribution in [2.45, 2.75) is 32.9 Å². The predicted octanol–water partition coefficient (Wildman–Crippen LogP) is 1.65. The van der Waals surface area contributed by atoms with Crippen LogP contribution >= 0.6 is 15.9 Å². The predicted molar refractivity (Wildman–Crippen MR) is 57.1 cm³/mol. The summed E-state index contributed by atoms with van der Waals surface area (Å²) in [5, 5.41) is 0.789. The van der Waals surface area contributed by atoms with Crippen molar-refractivity contribution in [1.82, 2.24) is 4.90 Å². The molecular formula is C9H18BrNO2. The van der Waals surface area contributed by atoms with Crippen LogP contribution in [0.1, 0.15) is 20.8 Å². The molecule has 0 fully saturated rings. The van der Waals surface area contributed by atoms with Crippen LogP contribution < -0.4 is 0 Å². The molecule has 0 aliphatic heterocycles. The van der Waals surface area contributed by atoms with Crippen LogP contribution in [0.15, 0.2) is 0 Å². The van der Waals surface area contributed by atoms with Crippen LogP contribution in [0.5, 0.6) is 0 Å². The van der Waals surface area contributed by atoms with Gasteiger partial charge in [0.2, 0.25) is 5.91 Å². The molecule has 13 heavy (non-hydrogen) atoms. The van der Waals surface area contributed by atoms with E-state index in [-0.39, 0.29) is 24.7 Å². The average Bonchev–Trinajstić information content (AvgIpc) is 2.11. The number of nitrogens with zero attached hydrogens (tertiary/aromatic N) is 1. The fraction of sp³-hybridized carbons (Fsp3) is 0.889. The second kappa shape index (κ2) is 6.38. The molecule has 0 aliphatic rings. The van der Waals surface area contributed by atoms with E-state index < -0.39 is 0 Å². The van der Waals surface area contributed by atoms with Gasteiger partial charge in [-0.15, -0.1) is 0 Å². The molecule has 0 spiro atoms. The van der Waals surface area contributed by atoms with Gasteiger partial charge in [-0.2, -0.15) is 0 Å². The number of likely N-dealkylation sites (N-methyl/N-ethyl adjacent to an activating group) is 1. The first kappa shape index (κ1) is 12.9. The van der Waals surface area contributed by atoms with Gasteiger partial charge in [-0.25, -0.2) is 0 Å². The third kappa shape index (κ3) is 5.26. The molecule has 3 nitrogen and oxygen atoms in total. The Morgan fingerprint density at radius 1 is 1.46 bits per heavy atom. The molecule has 0 aliphatic carbocycles. The van der Waals surface area contributed by atoms with Crippen LogP contribution in [0.4, 0.5) is 0 Å². The largest absolute Gasteiger partial charge is 0.369 e. The van der Waals surface area contributed by atoms with E-state index in [0.717, 1.165) is 5.33 Å². The summed E-state index contributed by atoms with van der Waals surface area (Å²) in [6, 6.07) is 0.211. The monoisotopic (exact) mass is 251 g/mol. The fourth-order valence-corrected chi connectivity index (χ4v) is 1.12. The van der Waals surface area contributed by atoms with Crippen molar-refractivity contribution in [3.63, 3.8) is 0 Å². The highest BCUT2D eigenvalue weighted by Gasteiger charge is 2.14. The molecular weight excluding hydrogens is 234 g/mol. The van der Waals surface area contributed by atoms with Crippen molar-refractivity contribution in [2.75, 3.05) is 19.0 Å². The fourth-order valence-electron chi connectivity index (χ4n) is 0.689.